The van der Waals surface area contributed by atoms with E-state index in [0.717, 1.165) is 17.5 Å². The van der Waals surface area contributed by atoms with Crippen LogP contribution < -0.4 is 0 Å². The Kier molecular flexibility index (Phi) is 5.78. The van der Waals surface area contributed by atoms with Gasteiger partial charge in [-0.2, -0.15) is 5.10 Å². The molecule has 6 aromatic rings. The fourth-order valence-electron chi connectivity index (χ4n) is 5.20. The molecule has 0 saturated carbocycles. The van der Waals surface area contributed by atoms with Gasteiger partial charge in [0.05, 0.1) is 6.10 Å². The minimum Gasteiger partial charge on any atom is -0.374 e. The molecule has 2 heterocycles. The van der Waals surface area contributed by atoms with Crippen molar-refractivity contribution in [2.24, 2.45) is 0 Å². The number of aromatic amines is 1. The molecular formula is C30H25BrN2O. The molecule has 34 heavy (non-hydrogen) atoms. The Hall–Kier alpha value is -3.21. The van der Waals surface area contributed by atoms with Crippen LogP contribution in [0.2, 0.25) is 0 Å². The predicted octanol–water partition coefficient (Wildman–Crippen LogP) is 8.66. The zero-order chi connectivity index (χ0) is 22.9. The molecule has 0 bridgehead atoms. The largest absolute Gasteiger partial charge is 0.374 e. The lowest BCUT2D eigenvalue weighted by Gasteiger charge is -2.25. The molecule has 1 unspecified atom stereocenters. The molecule has 4 heteroatoms. The minimum absolute atomic E-state index is 0.212. The maximum atomic E-state index is 6.18. The summed E-state index contributed by atoms with van der Waals surface area (Å²) in [6, 6.07) is 28.7. The summed E-state index contributed by atoms with van der Waals surface area (Å²) in [7, 11) is 0. The molecule has 1 atom stereocenters. The number of nitrogens with one attached hydrogen (secondary N) is 1. The van der Waals surface area contributed by atoms with Crippen molar-refractivity contribution in [3.8, 4) is 11.1 Å². The summed E-state index contributed by atoms with van der Waals surface area (Å²) in [6.45, 7) is 0.872. The summed E-state index contributed by atoms with van der Waals surface area (Å²) >= 11 is 3.57. The van der Waals surface area contributed by atoms with Gasteiger partial charge in [0.15, 0.2) is 0 Å². The smallest absolute Gasteiger partial charge is 0.0830 e. The van der Waals surface area contributed by atoms with Crippen molar-refractivity contribution in [2.75, 3.05) is 6.61 Å². The molecule has 168 valence electrons. The van der Waals surface area contributed by atoms with Gasteiger partial charge in [-0.15, -0.1) is 0 Å². The van der Waals surface area contributed by atoms with Crippen LogP contribution in [-0.2, 0) is 4.74 Å². The highest BCUT2D eigenvalue weighted by Crippen LogP contribution is 2.43. The number of aromatic nitrogens is 2. The van der Waals surface area contributed by atoms with Crippen molar-refractivity contribution in [2.45, 2.75) is 25.4 Å². The second-order valence-electron chi connectivity index (χ2n) is 8.82. The Morgan fingerprint density at radius 1 is 0.824 bits per heavy atom. The Balaban J connectivity index is 0.000000388. The van der Waals surface area contributed by atoms with E-state index >= 15 is 0 Å². The Bertz CT molecular complexity index is 1520. The molecule has 0 aliphatic carbocycles. The van der Waals surface area contributed by atoms with Crippen LogP contribution in [0.4, 0.5) is 0 Å². The van der Waals surface area contributed by atoms with Crippen molar-refractivity contribution >= 4 is 48.2 Å². The molecule has 1 N–H and O–H groups in total. The molecule has 3 nitrogen and oxygen atoms in total. The Morgan fingerprint density at radius 2 is 1.68 bits per heavy atom. The third kappa shape index (κ3) is 3.87. The number of hydrogen-bond acceptors (Lipinski definition) is 2. The number of hydrogen-bond donors (Lipinski definition) is 1. The van der Waals surface area contributed by atoms with Gasteiger partial charge in [0.1, 0.15) is 0 Å². The van der Waals surface area contributed by atoms with Gasteiger partial charge in [-0.05, 0) is 92.5 Å². The van der Waals surface area contributed by atoms with E-state index in [1.54, 1.807) is 12.4 Å². The van der Waals surface area contributed by atoms with Gasteiger partial charge in [0, 0.05) is 23.5 Å². The van der Waals surface area contributed by atoms with Crippen molar-refractivity contribution < 1.29 is 4.74 Å². The van der Waals surface area contributed by atoms with E-state index in [2.05, 4.69) is 98.9 Å². The first kappa shape index (κ1) is 21.3. The van der Waals surface area contributed by atoms with E-state index in [4.69, 9.17) is 4.74 Å². The SMILES string of the molecule is Brc1ccc(-c2cc3cccc4ccc5c(C6CCCCO6)ccc2c5c43)cc1.c1cn[nH]c1. The van der Waals surface area contributed by atoms with E-state index in [9.17, 15) is 0 Å². The average molecular weight is 509 g/mol. The fraction of sp³-hybridized carbons (Fsp3) is 0.167. The van der Waals surface area contributed by atoms with Crippen LogP contribution in [0.15, 0.2) is 95.7 Å². The number of ether oxygens (including phenoxy) is 1. The van der Waals surface area contributed by atoms with Crippen LogP contribution in [0.3, 0.4) is 0 Å². The van der Waals surface area contributed by atoms with Gasteiger partial charge < -0.3 is 4.74 Å². The lowest BCUT2D eigenvalue weighted by molar-refractivity contribution is 0.0159. The molecular weight excluding hydrogens is 484 g/mol. The monoisotopic (exact) mass is 508 g/mol. The third-order valence-electron chi connectivity index (χ3n) is 6.77. The lowest BCUT2D eigenvalue weighted by Crippen LogP contribution is -2.12. The predicted molar refractivity (Wildman–Crippen MR) is 144 cm³/mol. The molecule has 1 aliphatic rings. The van der Waals surface area contributed by atoms with Gasteiger partial charge in [-0.3, -0.25) is 5.10 Å². The van der Waals surface area contributed by atoms with Gasteiger partial charge in [0.2, 0.25) is 0 Å². The average Bonchev–Trinajstić information content (AvgIpc) is 3.48. The normalized spacial score (nSPS) is 16.1. The maximum absolute atomic E-state index is 6.18. The van der Waals surface area contributed by atoms with Crippen molar-refractivity contribution in [3.63, 3.8) is 0 Å². The quantitative estimate of drug-likeness (QED) is 0.237. The molecule has 0 amide bonds. The number of halogens is 1. The standard InChI is InChI=1S/C27H21BrO.C3H4N2/c28-20-10-7-17(8-11-20)24-16-19-5-3-4-18-9-12-22-21(25-6-1-2-15-29-25)13-14-23(24)27(22)26(18)19;1-2-4-5-3-1/h3-5,7-14,16,25H,1-2,6,15H2;1-3H,(H,4,5). The molecule has 1 aromatic heterocycles. The first-order chi connectivity index (χ1) is 16.8. The Labute approximate surface area is 207 Å². The Morgan fingerprint density at radius 3 is 2.41 bits per heavy atom. The summed E-state index contributed by atoms with van der Waals surface area (Å²) in [6.07, 6.45) is 7.21. The van der Waals surface area contributed by atoms with Crippen molar-refractivity contribution in [3.05, 3.63) is 101 Å². The van der Waals surface area contributed by atoms with E-state index in [1.807, 2.05) is 6.07 Å². The van der Waals surface area contributed by atoms with E-state index in [-0.39, 0.29) is 6.10 Å². The third-order valence-corrected chi connectivity index (χ3v) is 7.29. The summed E-state index contributed by atoms with van der Waals surface area (Å²) in [5.74, 6) is 0. The van der Waals surface area contributed by atoms with E-state index in [0.29, 0.717) is 0 Å². The van der Waals surface area contributed by atoms with Crippen LogP contribution in [0.5, 0.6) is 0 Å². The zero-order valence-electron chi connectivity index (χ0n) is 18.8. The highest BCUT2D eigenvalue weighted by Gasteiger charge is 2.21. The topological polar surface area (TPSA) is 37.9 Å². The molecule has 1 fully saturated rings. The van der Waals surface area contributed by atoms with Crippen LogP contribution in [0, 0.1) is 0 Å². The van der Waals surface area contributed by atoms with Gasteiger partial charge >= 0.3 is 0 Å². The number of rotatable bonds is 2. The molecule has 0 radical (unpaired) electrons. The number of H-pyrrole nitrogens is 1. The highest BCUT2D eigenvalue weighted by atomic mass is 79.9. The van der Waals surface area contributed by atoms with Gasteiger partial charge in [-0.25, -0.2) is 0 Å². The first-order valence-corrected chi connectivity index (χ1v) is 12.6. The van der Waals surface area contributed by atoms with Gasteiger partial charge in [-0.1, -0.05) is 70.5 Å². The van der Waals surface area contributed by atoms with Gasteiger partial charge in [0.25, 0.3) is 0 Å². The maximum Gasteiger partial charge on any atom is 0.0830 e. The molecule has 7 rings (SSSR count). The van der Waals surface area contributed by atoms with Crippen molar-refractivity contribution in [1.82, 2.24) is 10.2 Å². The minimum atomic E-state index is 0.212. The number of nitrogens with zero attached hydrogens (tertiary/aromatic N) is 1. The van der Waals surface area contributed by atoms with E-state index in [1.165, 1.54) is 61.8 Å². The van der Waals surface area contributed by atoms with Crippen LogP contribution in [-0.4, -0.2) is 16.8 Å². The van der Waals surface area contributed by atoms with Crippen LogP contribution >= 0.6 is 15.9 Å². The van der Waals surface area contributed by atoms with Crippen molar-refractivity contribution in [1.29, 1.82) is 0 Å². The lowest BCUT2D eigenvalue weighted by atomic mass is 9.86. The molecule has 0 spiro atoms. The molecule has 1 aliphatic heterocycles. The fourth-order valence-corrected chi connectivity index (χ4v) is 5.47. The summed E-state index contributed by atoms with van der Waals surface area (Å²) in [5.41, 5.74) is 3.89. The molecule has 1 saturated heterocycles. The summed E-state index contributed by atoms with van der Waals surface area (Å²) < 4.78 is 7.28. The zero-order valence-corrected chi connectivity index (χ0v) is 20.4. The molecule has 5 aromatic carbocycles. The van der Waals surface area contributed by atoms with E-state index < -0.39 is 0 Å². The number of benzene rings is 5. The van der Waals surface area contributed by atoms with Crippen LogP contribution in [0.1, 0.15) is 30.9 Å². The summed E-state index contributed by atoms with van der Waals surface area (Å²) in [4.78, 5) is 0. The van der Waals surface area contributed by atoms with Crippen LogP contribution in [0.25, 0.3) is 43.4 Å². The first-order valence-electron chi connectivity index (χ1n) is 11.8. The highest BCUT2D eigenvalue weighted by molar-refractivity contribution is 9.10. The second kappa shape index (κ2) is 9.21. The summed E-state index contributed by atoms with van der Waals surface area (Å²) in [5, 5.41) is 14.2. The second-order valence-corrected chi connectivity index (χ2v) is 9.74.